The van der Waals surface area contributed by atoms with E-state index in [1.807, 2.05) is 36.4 Å². The molecule has 0 spiro atoms. The highest BCUT2D eigenvalue weighted by Crippen LogP contribution is 2.46. The van der Waals surface area contributed by atoms with Gasteiger partial charge in [0.15, 0.2) is 0 Å². The fourth-order valence-electron chi connectivity index (χ4n) is 4.82. The number of anilines is 1. The van der Waals surface area contributed by atoms with Crippen molar-refractivity contribution in [3.8, 4) is 0 Å². The summed E-state index contributed by atoms with van der Waals surface area (Å²) in [5.74, 6) is 0.116. The Morgan fingerprint density at radius 1 is 1.19 bits per heavy atom. The van der Waals surface area contributed by atoms with Crippen LogP contribution in [-0.2, 0) is 11.3 Å². The van der Waals surface area contributed by atoms with Crippen LogP contribution in [0.2, 0.25) is 5.02 Å². The third-order valence-corrected chi connectivity index (χ3v) is 7.53. The van der Waals surface area contributed by atoms with Crippen LogP contribution in [0.15, 0.2) is 47.4 Å². The molecule has 32 heavy (non-hydrogen) atoms. The molecule has 6 heteroatoms. The second kappa shape index (κ2) is 8.95. The Hall–Kier alpha value is -2.24. The van der Waals surface area contributed by atoms with Gasteiger partial charge >= 0.3 is 0 Å². The lowest BCUT2D eigenvalue weighted by molar-refractivity contribution is -0.123. The van der Waals surface area contributed by atoms with E-state index in [2.05, 4.69) is 38.7 Å². The van der Waals surface area contributed by atoms with Crippen LogP contribution in [0.4, 0.5) is 10.5 Å². The van der Waals surface area contributed by atoms with Gasteiger partial charge in [0.1, 0.15) is 0 Å². The molecule has 2 aliphatic rings. The van der Waals surface area contributed by atoms with Crippen molar-refractivity contribution in [2.75, 3.05) is 11.4 Å². The topological polar surface area (TPSA) is 40.6 Å². The zero-order chi connectivity index (χ0) is 23.0. The van der Waals surface area contributed by atoms with E-state index in [1.165, 1.54) is 16.2 Å². The lowest BCUT2D eigenvalue weighted by Gasteiger charge is -2.47. The number of rotatable bonds is 5. The minimum absolute atomic E-state index is 0.0629. The highest BCUT2D eigenvalue weighted by molar-refractivity contribution is 8.18. The first-order chi connectivity index (χ1) is 15.2. The summed E-state index contributed by atoms with van der Waals surface area (Å²) in [7, 11) is 0. The molecule has 1 unspecified atom stereocenters. The molecule has 0 bridgehead atoms. The number of carbonyl (C=O) groups excluding carboxylic acids is 2. The quantitative estimate of drug-likeness (QED) is 0.439. The molecule has 0 radical (unpaired) electrons. The van der Waals surface area contributed by atoms with Crippen molar-refractivity contribution in [1.82, 2.24) is 4.90 Å². The van der Waals surface area contributed by atoms with Crippen LogP contribution in [-0.4, -0.2) is 28.1 Å². The van der Waals surface area contributed by atoms with Gasteiger partial charge in [0.05, 0.1) is 11.4 Å². The maximum atomic E-state index is 13.0. The number of amides is 2. The highest BCUT2D eigenvalue weighted by atomic mass is 35.5. The molecule has 0 aliphatic carbocycles. The van der Waals surface area contributed by atoms with Crippen molar-refractivity contribution in [2.24, 2.45) is 0 Å². The molecule has 1 atom stereocenters. The summed E-state index contributed by atoms with van der Waals surface area (Å²) in [6, 6.07) is 13.7. The van der Waals surface area contributed by atoms with Gasteiger partial charge in [-0.05, 0) is 79.3 Å². The predicted molar refractivity (Wildman–Crippen MR) is 134 cm³/mol. The summed E-state index contributed by atoms with van der Waals surface area (Å²) in [4.78, 5) is 29.7. The Labute approximate surface area is 199 Å². The van der Waals surface area contributed by atoms with Gasteiger partial charge in [0.2, 0.25) is 0 Å². The van der Waals surface area contributed by atoms with Crippen molar-refractivity contribution in [2.45, 2.75) is 58.5 Å². The number of halogens is 1. The summed E-state index contributed by atoms with van der Waals surface area (Å²) in [6.45, 7) is 10.3. The molecule has 2 aliphatic heterocycles. The first-order valence-corrected chi connectivity index (χ1v) is 12.3. The van der Waals surface area contributed by atoms with Gasteiger partial charge < -0.3 is 4.90 Å². The minimum atomic E-state index is -0.264. The molecular weight excluding hydrogens is 440 g/mol. The molecule has 2 amide bonds. The van der Waals surface area contributed by atoms with E-state index in [-0.39, 0.29) is 23.2 Å². The molecule has 0 aromatic heterocycles. The van der Waals surface area contributed by atoms with Gasteiger partial charge in [-0.15, -0.1) is 0 Å². The Balaban J connectivity index is 1.66. The maximum absolute atomic E-state index is 13.0. The van der Waals surface area contributed by atoms with Gasteiger partial charge in [-0.3, -0.25) is 14.5 Å². The third kappa shape index (κ3) is 4.33. The largest absolute Gasteiger partial charge is 0.366 e. The van der Waals surface area contributed by atoms with E-state index in [0.717, 1.165) is 42.3 Å². The number of carbonyl (C=O) groups is 2. The maximum Gasteiger partial charge on any atom is 0.293 e. The van der Waals surface area contributed by atoms with E-state index in [1.54, 1.807) is 6.08 Å². The Bertz CT molecular complexity index is 1080. The molecule has 4 rings (SSSR count). The summed E-state index contributed by atoms with van der Waals surface area (Å²) in [5.41, 5.74) is 4.20. The summed E-state index contributed by atoms with van der Waals surface area (Å²) < 4.78 is 0. The molecule has 4 nitrogen and oxygen atoms in total. The zero-order valence-electron chi connectivity index (χ0n) is 19.0. The van der Waals surface area contributed by atoms with E-state index < -0.39 is 0 Å². The number of fused-ring (bicyclic) bond motifs is 1. The van der Waals surface area contributed by atoms with E-state index in [4.69, 9.17) is 11.6 Å². The molecule has 2 heterocycles. The normalized spacial score (nSPS) is 21.4. The second-order valence-corrected chi connectivity index (χ2v) is 10.7. The number of hydrogen-bond acceptors (Lipinski definition) is 4. The van der Waals surface area contributed by atoms with Crippen LogP contribution < -0.4 is 4.90 Å². The smallest absolute Gasteiger partial charge is 0.293 e. The monoisotopic (exact) mass is 468 g/mol. The van der Waals surface area contributed by atoms with Crippen molar-refractivity contribution >= 4 is 46.3 Å². The molecule has 168 valence electrons. The SMILES string of the molecule is CCCN1c2cc(Cl)c(/C=C3/SC(=O)N(Cc4ccccc4)C3=O)cc2C(C)CC1(C)C. The van der Waals surface area contributed by atoms with E-state index >= 15 is 0 Å². The fraction of sp³-hybridized carbons (Fsp3) is 0.385. The average molecular weight is 469 g/mol. The standard InChI is InChI=1S/C26H29ClN2O2S/c1-5-11-29-22-14-21(27)19(12-20(22)17(2)15-26(29,3)4)13-23-24(30)28(25(31)32-23)16-18-9-7-6-8-10-18/h6-10,12-14,17H,5,11,15-16H2,1-4H3/b23-13+. The van der Waals surface area contributed by atoms with Crippen LogP contribution in [0.5, 0.6) is 0 Å². The lowest BCUT2D eigenvalue weighted by Crippen LogP contribution is -2.48. The van der Waals surface area contributed by atoms with Gasteiger partial charge in [-0.2, -0.15) is 0 Å². The van der Waals surface area contributed by atoms with Gasteiger partial charge in [0.25, 0.3) is 11.1 Å². The third-order valence-electron chi connectivity index (χ3n) is 6.30. The van der Waals surface area contributed by atoms with Crippen LogP contribution >= 0.6 is 23.4 Å². The van der Waals surface area contributed by atoms with Crippen molar-refractivity contribution < 1.29 is 9.59 Å². The van der Waals surface area contributed by atoms with Crippen LogP contribution in [0.1, 0.15) is 63.1 Å². The van der Waals surface area contributed by atoms with E-state index in [9.17, 15) is 9.59 Å². The average Bonchev–Trinajstić information content (AvgIpc) is 3.00. The summed E-state index contributed by atoms with van der Waals surface area (Å²) in [5, 5.41) is 0.355. The molecular formula is C26H29ClN2O2S. The highest BCUT2D eigenvalue weighted by Gasteiger charge is 2.37. The van der Waals surface area contributed by atoms with Gasteiger partial charge in [-0.1, -0.05) is 55.8 Å². The van der Waals surface area contributed by atoms with Crippen molar-refractivity contribution in [1.29, 1.82) is 0 Å². The summed E-state index contributed by atoms with van der Waals surface area (Å²) >= 11 is 7.69. The lowest BCUT2D eigenvalue weighted by atomic mass is 9.79. The molecule has 0 N–H and O–H groups in total. The molecule has 2 aromatic rings. The Morgan fingerprint density at radius 3 is 2.59 bits per heavy atom. The first kappa shape index (κ1) is 22.9. The Morgan fingerprint density at radius 2 is 1.91 bits per heavy atom. The molecule has 2 aromatic carbocycles. The number of nitrogens with zero attached hydrogens (tertiary/aromatic N) is 2. The second-order valence-electron chi connectivity index (χ2n) is 9.26. The van der Waals surface area contributed by atoms with Crippen LogP contribution in [0.3, 0.4) is 0 Å². The first-order valence-electron chi connectivity index (χ1n) is 11.1. The number of hydrogen-bond donors (Lipinski definition) is 0. The molecule has 1 saturated heterocycles. The summed E-state index contributed by atoms with van der Waals surface area (Å²) in [6.07, 6.45) is 3.88. The van der Waals surface area contributed by atoms with E-state index in [0.29, 0.717) is 15.8 Å². The van der Waals surface area contributed by atoms with Gasteiger partial charge in [-0.25, -0.2) is 0 Å². The molecule has 1 fully saturated rings. The van der Waals surface area contributed by atoms with Crippen molar-refractivity contribution in [3.63, 3.8) is 0 Å². The molecule has 0 saturated carbocycles. The number of benzene rings is 2. The minimum Gasteiger partial charge on any atom is -0.366 e. The van der Waals surface area contributed by atoms with Crippen LogP contribution in [0, 0.1) is 0 Å². The van der Waals surface area contributed by atoms with Crippen LogP contribution in [0.25, 0.3) is 6.08 Å². The predicted octanol–water partition coefficient (Wildman–Crippen LogP) is 7.08. The van der Waals surface area contributed by atoms with Crippen molar-refractivity contribution in [3.05, 3.63) is 69.1 Å². The number of imide groups is 1. The zero-order valence-corrected chi connectivity index (χ0v) is 20.6. The fourth-order valence-corrected chi connectivity index (χ4v) is 5.86. The Kier molecular flexibility index (Phi) is 6.42. The van der Waals surface area contributed by atoms with Gasteiger partial charge in [0, 0.05) is 22.8 Å². The number of thioether (sulfide) groups is 1.